The first-order valence-corrected chi connectivity index (χ1v) is 5.80. The predicted octanol–water partition coefficient (Wildman–Crippen LogP) is 4.47. The van der Waals surface area contributed by atoms with Crippen molar-refractivity contribution >= 4 is 17.3 Å². The first-order valence-electron chi connectivity index (χ1n) is 5.42. The maximum absolute atomic E-state index is 12.9. The summed E-state index contributed by atoms with van der Waals surface area (Å²) >= 11 is 5.73. The standard InChI is InChI=1S/C12H17ClFN/c1-2-3-4-5-6-15-12-8-10(13)7-11(14)9-12/h7-9,15H,2-6H2,1H3. The molecule has 1 N–H and O–H groups in total. The summed E-state index contributed by atoms with van der Waals surface area (Å²) in [5, 5.41) is 3.60. The van der Waals surface area contributed by atoms with E-state index in [0.717, 1.165) is 18.7 Å². The first-order chi connectivity index (χ1) is 7.22. The molecule has 0 aliphatic heterocycles. The molecule has 0 amide bonds. The highest BCUT2D eigenvalue weighted by Gasteiger charge is 1.98. The number of hydrogen-bond acceptors (Lipinski definition) is 1. The number of anilines is 1. The molecule has 15 heavy (non-hydrogen) atoms. The molecule has 0 saturated carbocycles. The van der Waals surface area contributed by atoms with Gasteiger partial charge in [-0.25, -0.2) is 4.39 Å². The molecule has 0 radical (unpaired) electrons. The van der Waals surface area contributed by atoms with Crippen LogP contribution < -0.4 is 5.32 Å². The van der Waals surface area contributed by atoms with Crippen LogP contribution in [0.2, 0.25) is 5.02 Å². The van der Waals surface area contributed by atoms with E-state index >= 15 is 0 Å². The maximum Gasteiger partial charge on any atom is 0.126 e. The summed E-state index contributed by atoms with van der Waals surface area (Å²) in [4.78, 5) is 0. The minimum atomic E-state index is -0.293. The van der Waals surface area contributed by atoms with E-state index in [-0.39, 0.29) is 5.82 Å². The third-order valence-corrected chi connectivity index (χ3v) is 2.44. The lowest BCUT2D eigenvalue weighted by molar-refractivity contribution is 0.628. The highest BCUT2D eigenvalue weighted by atomic mass is 35.5. The summed E-state index contributed by atoms with van der Waals surface area (Å²) in [6.07, 6.45) is 4.81. The molecule has 0 fully saturated rings. The maximum atomic E-state index is 12.9. The van der Waals surface area contributed by atoms with Crippen LogP contribution in [0, 0.1) is 5.82 Å². The average Bonchev–Trinajstić information content (AvgIpc) is 2.16. The Morgan fingerprint density at radius 2 is 2.00 bits per heavy atom. The fourth-order valence-corrected chi connectivity index (χ4v) is 1.66. The summed E-state index contributed by atoms with van der Waals surface area (Å²) in [5.74, 6) is -0.293. The van der Waals surface area contributed by atoms with Gasteiger partial charge in [-0.2, -0.15) is 0 Å². The number of unbranched alkanes of at least 4 members (excludes halogenated alkanes) is 3. The van der Waals surface area contributed by atoms with Gasteiger partial charge in [0.2, 0.25) is 0 Å². The summed E-state index contributed by atoms with van der Waals surface area (Å²) < 4.78 is 12.9. The molecule has 1 aromatic carbocycles. The van der Waals surface area contributed by atoms with Crippen LogP contribution in [0.1, 0.15) is 32.6 Å². The molecular formula is C12H17ClFN. The molecular weight excluding hydrogens is 213 g/mol. The second-order valence-electron chi connectivity index (χ2n) is 3.65. The molecule has 0 aromatic heterocycles. The molecule has 0 heterocycles. The Morgan fingerprint density at radius 1 is 1.20 bits per heavy atom. The zero-order valence-corrected chi connectivity index (χ0v) is 9.78. The zero-order chi connectivity index (χ0) is 11.1. The van der Waals surface area contributed by atoms with E-state index in [0.29, 0.717) is 5.02 Å². The van der Waals surface area contributed by atoms with Crippen LogP contribution in [0.25, 0.3) is 0 Å². The number of nitrogens with one attached hydrogen (secondary N) is 1. The third kappa shape index (κ3) is 5.03. The van der Waals surface area contributed by atoms with E-state index < -0.39 is 0 Å². The molecule has 0 atom stereocenters. The van der Waals surface area contributed by atoms with Gasteiger partial charge in [0.15, 0.2) is 0 Å². The fraction of sp³-hybridized carbons (Fsp3) is 0.500. The van der Waals surface area contributed by atoms with E-state index in [2.05, 4.69) is 12.2 Å². The van der Waals surface area contributed by atoms with E-state index in [1.807, 2.05) is 0 Å². The lowest BCUT2D eigenvalue weighted by Gasteiger charge is -2.06. The Labute approximate surface area is 95.6 Å². The second kappa shape index (κ2) is 6.67. The molecule has 1 nitrogen and oxygen atoms in total. The SMILES string of the molecule is CCCCCCNc1cc(F)cc(Cl)c1. The Bertz CT molecular complexity index is 281. The number of benzene rings is 1. The van der Waals surface area contributed by atoms with Gasteiger partial charge < -0.3 is 5.32 Å². The number of rotatable bonds is 6. The third-order valence-electron chi connectivity index (χ3n) is 2.22. The van der Waals surface area contributed by atoms with Crippen LogP contribution in [0.3, 0.4) is 0 Å². The highest BCUT2D eigenvalue weighted by Crippen LogP contribution is 2.18. The van der Waals surface area contributed by atoms with Gasteiger partial charge in [-0.15, -0.1) is 0 Å². The van der Waals surface area contributed by atoms with Crippen LogP contribution >= 0.6 is 11.6 Å². The summed E-state index contributed by atoms with van der Waals surface area (Å²) in [6, 6.07) is 4.51. The molecule has 1 aromatic rings. The molecule has 1 rings (SSSR count). The molecule has 0 saturated heterocycles. The van der Waals surface area contributed by atoms with Gasteiger partial charge in [0.05, 0.1) is 0 Å². The summed E-state index contributed by atoms with van der Waals surface area (Å²) in [7, 11) is 0. The molecule has 3 heteroatoms. The van der Waals surface area contributed by atoms with Gasteiger partial charge >= 0.3 is 0 Å². The predicted molar refractivity (Wildman–Crippen MR) is 64.0 cm³/mol. The van der Waals surface area contributed by atoms with Crippen LogP contribution in [-0.4, -0.2) is 6.54 Å². The van der Waals surface area contributed by atoms with Gasteiger partial charge in [0, 0.05) is 17.3 Å². The second-order valence-corrected chi connectivity index (χ2v) is 4.08. The van der Waals surface area contributed by atoms with Gasteiger partial charge in [0.1, 0.15) is 5.82 Å². The average molecular weight is 230 g/mol. The molecule has 84 valence electrons. The van der Waals surface area contributed by atoms with Crippen LogP contribution in [-0.2, 0) is 0 Å². The zero-order valence-electron chi connectivity index (χ0n) is 9.02. The van der Waals surface area contributed by atoms with Crippen molar-refractivity contribution in [2.45, 2.75) is 32.6 Å². The minimum Gasteiger partial charge on any atom is -0.385 e. The van der Waals surface area contributed by atoms with Crippen LogP contribution in [0.4, 0.5) is 10.1 Å². The summed E-state index contributed by atoms with van der Waals surface area (Å²) in [6.45, 7) is 3.06. The summed E-state index contributed by atoms with van der Waals surface area (Å²) in [5.41, 5.74) is 0.761. The lowest BCUT2D eigenvalue weighted by atomic mass is 10.2. The largest absolute Gasteiger partial charge is 0.385 e. The van der Waals surface area contributed by atoms with Crippen molar-refractivity contribution < 1.29 is 4.39 Å². The van der Waals surface area contributed by atoms with Crippen molar-refractivity contribution in [3.05, 3.63) is 29.0 Å². The van der Waals surface area contributed by atoms with E-state index in [1.54, 1.807) is 6.07 Å². The smallest absolute Gasteiger partial charge is 0.126 e. The van der Waals surface area contributed by atoms with Crippen molar-refractivity contribution in [1.82, 2.24) is 0 Å². The normalized spacial score (nSPS) is 10.3. The van der Waals surface area contributed by atoms with Gasteiger partial charge in [-0.1, -0.05) is 37.8 Å². The lowest BCUT2D eigenvalue weighted by Crippen LogP contribution is -2.01. The molecule has 0 spiro atoms. The Hall–Kier alpha value is -0.760. The topological polar surface area (TPSA) is 12.0 Å². The van der Waals surface area contributed by atoms with Gasteiger partial charge in [-0.3, -0.25) is 0 Å². The van der Waals surface area contributed by atoms with E-state index in [4.69, 9.17) is 11.6 Å². The van der Waals surface area contributed by atoms with Gasteiger partial charge in [-0.05, 0) is 24.6 Å². The molecule has 0 unspecified atom stereocenters. The Kier molecular flexibility index (Phi) is 5.48. The van der Waals surface area contributed by atoms with Crippen LogP contribution in [0.15, 0.2) is 18.2 Å². The number of hydrogen-bond donors (Lipinski definition) is 1. The first kappa shape index (κ1) is 12.3. The van der Waals surface area contributed by atoms with Crippen LogP contribution in [0.5, 0.6) is 0 Å². The quantitative estimate of drug-likeness (QED) is 0.710. The monoisotopic (exact) mass is 229 g/mol. The molecule has 0 bridgehead atoms. The van der Waals surface area contributed by atoms with E-state index in [1.165, 1.54) is 31.4 Å². The van der Waals surface area contributed by atoms with Crippen molar-refractivity contribution in [2.75, 3.05) is 11.9 Å². The Morgan fingerprint density at radius 3 is 2.67 bits per heavy atom. The van der Waals surface area contributed by atoms with Crippen molar-refractivity contribution in [1.29, 1.82) is 0 Å². The highest BCUT2D eigenvalue weighted by molar-refractivity contribution is 6.30. The van der Waals surface area contributed by atoms with Crippen molar-refractivity contribution in [3.63, 3.8) is 0 Å². The molecule has 0 aliphatic rings. The van der Waals surface area contributed by atoms with Crippen molar-refractivity contribution in [3.8, 4) is 0 Å². The number of halogens is 2. The Balaban J connectivity index is 2.31. The van der Waals surface area contributed by atoms with E-state index in [9.17, 15) is 4.39 Å². The minimum absolute atomic E-state index is 0.293. The fourth-order valence-electron chi connectivity index (χ4n) is 1.44. The van der Waals surface area contributed by atoms with Crippen molar-refractivity contribution in [2.24, 2.45) is 0 Å². The molecule has 0 aliphatic carbocycles. The van der Waals surface area contributed by atoms with Gasteiger partial charge in [0.25, 0.3) is 0 Å².